The van der Waals surface area contributed by atoms with Crippen LogP contribution in [0.3, 0.4) is 0 Å². The Kier molecular flexibility index (Phi) is 29.7. The predicted molar refractivity (Wildman–Crippen MR) is 353 cm³/mol. The molecule has 23 heteroatoms. The number of benzene rings is 2. The molecule has 0 saturated carbocycles. The Bertz CT molecular complexity index is 2880. The lowest BCUT2D eigenvalue weighted by atomic mass is 9.87. The number of carboxylic acid groups (broad SMARTS) is 1. The van der Waals surface area contributed by atoms with Crippen molar-refractivity contribution in [3.63, 3.8) is 0 Å². The molecule has 0 aliphatic carbocycles. The van der Waals surface area contributed by atoms with Crippen LogP contribution < -0.4 is 0 Å². The molecule has 0 aromatic heterocycles. The van der Waals surface area contributed by atoms with Gasteiger partial charge >= 0.3 is 35.9 Å². The molecule has 0 unspecified atom stereocenters. The largest absolute Gasteiger partial charge is 0.479 e. The van der Waals surface area contributed by atoms with Crippen molar-refractivity contribution in [3.05, 3.63) is 70.8 Å². The molecular formula is C72H110F2N4O17. The summed E-state index contributed by atoms with van der Waals surface area (Å²) < 4.78 is 71.2. The van der Waals surface area contributed by atoms with E-state index in [-0.39, 0.29) is 51.4 Å². The summed E-state index contributed by atoms with van der Waals surface area (Å²) in [4.78, 5) is 132. The Morgan fingerprint density at radius 3 is 1.17 bits per heavy atom. The second-order valence-electron chi connectivity index (χ2n) is 30.4. The van der Waals surface area contributed by atoms with E-state index in [9.17, 15) is 43.5 Å². The van der Waals surface area contributed by atoms with E-state index in [1.54, 1.807) is 20.8 Å². The van der Waals surface area contributed by atoms with Gasteiger partial charge in [0, 0.05) is 61.0 Å². The van der Waals surface area contributed by atoms with Crippen molar-refractivity contribution < 1.29 is 90.2 Å². The molecule has 4 amide bonds. The first-order valence-electron chi connectivity index (χ1n) is 33.4. The average molecular weight is 1340 g/mol. The highest BCUT2D eigenvalue weighted by atomic mass is 19.1. The molecule has 0 radical (unpaired) electrons. The lowest BCUT2D eigenvalue weighted by Crippen LogP contribution is -2.54. The summed E-state index contributed by atoms with van der Waals surface area (Å²) >= 11 is 0. The Morgan fingerprint density at radius 2 is 0.821 bits per heavy atom. The molecule has 21 nitrogen and oxygen atoms in total. The summed E-state index contributed by atoms with van der Waals surface area (Å²) in [7, 11) is 5.15. The number of amides is 4. The van der Waals surface area contributed by atoms with Crippen LogP contribution in [-0.4, -0.2) is 199 Å². The second-order valence-corrected chi connectivity index (χ2v) is 30.4. The van der Waals surface area contributed by atoms with E-state index in [0.717, 1.165) is 67.5 Å². The van der Waals surface area contributed by atoms with E-state index in [0.29, 0.717) is 38.3 Å². The van der Waals surface area contributed by atoms with Crippen LogP contribution in [0.2, 0.25) is 0 Å². The highest BCUT2D eigenvalue weighted by molar-refractivity contribution is 5.93. The van der Waals surface area contributed by atoms with Crippen molar-refractivity contribution >= 4 is 53.7 Å². The maximum atomic E-state index is 15.6. The molecule has 2 fully saturated rings. The number of hydrogen-bond acceptors (Lipinski definition) is 16. The third kappa shape index (κ3) is 27.0. The first-order chi connectivity index (χ1) is 43.8. The molecular weight excluding hydrogens is 1230 g/mol. The van der Waals surface area contributed by atoms with Crippen molar-refractivity contribution in [2.75, 3.05) is 54.6 Å². The van der Waals surface area contributed by atoms with Gasteiger partial charge < -0.3 is 53.0 Å². The molecule has 2 heterocycles. The van der Waals surface area contributed by atoms with Crippen LogP contribution in [0.4, 0.5) is 13.6 Å². The van der Waals surface area contributed by atoms with Gasteiger partial charge in [-0.25, -0.2) is 37.5 Å². The van der Waals surface area contributed by atoms with E-state index < -0.39 is 136 Å². The van der Waals surface area contributed by atoms with Crippen molar-refractivity contribution in [2.24, 2.45) is 10.8 Å². The standard InChI is InChI=1S/C72H110F2N4O17/c1-45(91-64(85)54(42-68(3,4)5)76(17)61(81)58(31-25-48-22-28-50(29-23-48)52-35-40-90-41-36-52)94-66(87)56(44-72(14,15)74)78(19)67(88)95-70(9,10)11)59(79)75(16)53(32-37-71(12,13)73)63(84)93-57(30-24-47-20-26-49(27-21-47)51-33-38-89-39-34-51)60(80)77(18)55(43-69(6,7)8)65(86)92-46(2)62(82)83/h20-23,26-29,45-46,51-58H,24-25,30-44H2,1-19H3,(H,82,83)/t45-,46-,53+,54+,55+,56+,57-,58-/m1/s1. The third-order valence-electron chi connectivity index (χ3n) is 17.1. The normalized spacial score (nSPS) is 17.1. The van der Waals surface area contributed by atoms with Gasteiger partial charge in [-0.2, -0.15) is 0 Å². The van der Waals surface area contributed by atoms with Gasteiger partial charge in [-0.3, -0.25) is 19.3 Å². The van der Waals surface area contributed by atoms with E-state index >= 15 is 13.6 Å². The summed E-state index contributed by atoms with van der Waals surface area (Å²) in [5.41, 5.74) is -2.41. The molecule has 8 atom stereocenters. The number of halogens is 2. The monoisotopic (exact) mass is 1340 g/mol. The van der Waals surface area contributed by atoms with Crippen molar-refractivity contribution in [3.8, 4) is 0 Å². The first-order valence-corrected chi connectivity index (χ1v) is 33.4. The molecule has 534 valence electrons. The van der Waals surface area contributed by atoms with Gasteiger partial charge in [0.1, 0.15) is 41.1 Å². The SMILES string of the molecule is C[C@@H](OC(=O)[C@H](CC(C)(C)C)N(C)C(=O)[C@@H](CCc1ccc(C2CCOCC2)cc1)OC(=O)[C@H](CCC(C)(C)F)N(C)C(=O)[C@@H](C)OC(=O)[C@H](CC(C)(C)C)N(C)C(=O)[C@@H](CCc1ccc(C2CCOCC2)cc1)OC(=O)[C@H](CC(C)(C)F)N(C)C(=O)OC(C)(C)C)C(=O)O. The Hall–Kier alpha value is -6.75. The number of nitrogens with zero attached hydrogens (tertiary/aromatic N) is 4. The molecule has 1 N–H and O–H groups in total. The summed E-state index contributed by atoms with van der Waals surface area (Å²) in [5, 5.41) is 9.62. The zero-order valence-electron chi connectivity index (χ0n) is 59.9. The Labute approximate surface area is 562 Å². The number of carboxylic acids is 1. The van der Waals surface area contributed by atoms with Crippen LogP contribution in [0.15, 0.2) is 48.5 Å². The summed E-state index contributed by atoms with van der Waals surface area (Å²) in [6.45, 7) is 25.8. The Balaban J connectivity index is 1.71. The van der Waals surface area contributed by atoms with E-state index in [4.69, 9.17) is 33.2 Å². The summed E-state index contributed by atoms with van der Waals surface area (Å²) in [6.07, 6.45) is -5.10. The van der Waals surface area contributed by atoms with Gasteiger partial charge in [0.05, 0.1) is 0 Å². The van der Waals surface area contributed by atoms with Gasteiger partial charge in [0.2, 0.25) is 0 Å². The molecule has 95 heavy (non-hydrogen) atoms. The lowest BCUT2D eigenvalue weighted by molar-refractivity contribution is -0.175. The fourth-order valence-corrected chi connectivity index (χ4v) is 11.4. The second kappa shape index (κ2) is 35.0. The molecule has 2 aromatic rings. The fourth-order valence-electron chi connectivity index (χ4n) is 11.4. The number of ether oxygens (including phenoxy) is 7. The van der Waals surface area contributed by atoms with Crippen LogP contribution in [0, 0.1) is 10.8 Å². The smallest absolute Gasteiger partial charge is 0.410 e. The van der Waals surface area contributed by atoms with Crippen LogP contribution in [-0.2, 0) is 84.4 Å². The van der Waals surface area contributed by atoms with Gasteiger partial charge in [-0.15, -0.1) is 0 Å². The first kappa shape index (κ1) is 80.7. The maximum Gasteiger partial charge on any atom is 0.410 e. The third-order valence-corrected chi connectivity index (χ3v) is 17.1. The zero-order chi connectivity index (χ0) is 71.7. The molecule has 2 saturated heterocycles. The fraction of sp³-hybridized carbons (Fsp3) is 0.708. The zero-order valence-corrected chi connectivity index (χ0v) is 59.9. The minimum Gasteiger partial charge on any atom is -0.479 e. The van der Waals surface area contributed by atoms with Gasteiger partial charge in [0.25, 0.3) is 17.7 Å². The minimum atomic E-state index is -2.02. The molecule has 2 aromatic carbocycles. The van der Waals surface area contributed by atoms with Crippen LogP contribution in [0.25, 0.3) is 0 Å². The minimum absolute atomic E-state index is 0.00760. The number of aryl methyl sites for hydroxylation is 2. The summed E-state index contributed by atoms with van der Waals surface area (Å²) in [5.74, 6) is -7.75. The molecule has 2 aliphatic rings. The average Bonchev–Trinajstić information content (AvgIpc) is 0.832. The number of aliphatic carboxylic acids is 1. The predicted octanol–water partition coefficient (Wildman–Crippen LogP) is 11.1. The van der Waals surface area contributed by atoms with Crippen molar-refractivity contribution in [2.45, 2.75) is 265 Å². The van der Waals surface area contributed by atoms with Gasteiger partial charge in [-0.1, -0.05) is 90.1 Å². The van der Waals surface area contributed by atoms with Crippen molar-refractivity contribution in [1.29, 1.82) is 0 Å². The molecule has 0 bridgehead atoms. The van der Waals surface area contributed by atoms with E-state index in [1.165, 1.54) is 69.7 Å². The number of esters is 4. The van der Waals surface area contributed by atoms with Gasteiger partial charge in [0.15, 0.2) is 24.4 Å². The van der Waals surface area contributed by atoms with E-state index in [2.05, 4.69) is 0 Å². The molecule has 2 aliphatic heterocycles. The number of carbonyl (C=O) groups excluding carboxylic acids is 8. The van der Waals surface area contributed by atoms with Crippen LogP contribution in [0.5, 0.6) is 0 Å². The number of carbonyl (C=O) groups is 9. The van der Waals surface area contributed by atoms with Crippen LogP contribution >= 0.6 is 0 Å². The van der Waals surface area contributed by atoms with E-state index in [1.807, 2.05) is 90.1 Å². The highest BCUT2D eigenvalue weighted by Gasteiger charge is 2.44. The quantitative estimate of drug-likeness (QED) is 0.0544. The number of alkyl halides is 2. The van der Waals surface area contributed by atoms with Crippen LogP contribution in [0.1, 0.15) is 209 Å². The molecule has 4 rings (SSSR count). The highest BCUT2D eigenvalue weighted by Crippen LogP contribution is 2.33. The number of rotatable bonds is 31. The van der Waals surface area contributed by atoms with Gasteiger partial charge in [-0.05, 0) is 184 Å². The lowest BCUT2D eigenvalue weighted by Gasteiger charge is -2.36. The molecule has 0 spiro atoms. The maximum absolute atomic E-state index is 15.6. The van der Waals surface area contributed by atoms with Crippen molar-refractivity contribution in [1.82, 2.24) is 19.6 Å². The topological polar surface area (TPSA) is 251 Å². The Morgan fingerprint density at radius 1 is 0.474 bits per heavy atom. The summed E-state index contributed by atoms with van der Waals surface area (Å²) in [6, 6.07) is 9.70. The number of likely N-dealkylation sites (N-methyl/N-ethyl adjacent to an activating group) is 4. The number of hydrogen-bond donors (Lipinski definition) is 1.